The van der Waals surface area contributed by atoms with Gasteiger partial charge in [-0.2, -0.15) is 0 Å². The summed E-state index contributed by atoms with van der Waals surface area (Å²) in [6, 6.07) is 10.7. The van der Waals surface area contributed by atoms with Crippen LogP contribution in [0.25, 0.3) is 0 Å². The number of hydrazine groups is 1. The van der Waals surface area contributed by atoms with Crippen LogP contribution in [0.3, 0.4) is 0 Å². The van der Waals surface area contributed by atoms with E-state index in [0.717, 1.165) is 0 Å². The van der Waals surface area contributed by atoms with E-state index in [-0.39, 0.29) is 10.6 Å². The molecule has 2 aromatic carbocycles. The summed E-state index contributed by atoms with van der Waals surface area (Å²) in [5, 5.41) is 0. The van der Waals surface area contributed by atoms with E-state index in [1.54, 1.807) is 0 Å². The van der Waals surface area contributed by atoms with Crippen molar-refractivity contribution < 1.29 is 27.1 Å². The second-order valence-corrected chi connectivity index (χ2v) is 6.25. The smallest absolute Gasteiger partial charge is 0.272 e. The molecule has 0 aliphatic rings. The molecular weight excluding hydrogens is 339 g/mol. The highest BCUT2D eigenvalue weighted by atomic mass is 32.2. The molecule has 24 heavy (non-hydrogen) atoms. The largest absolute Gasteiger partial charge is 0.497 e. The van der Waals surface area contributed by atoms with Gasteiger partial charge in [0.1, 0.15) is 17.3 Å². The molecule has 0 aromatic heterocycles. The number of halogens is 1. The van der Waals surface area contributed by atoms with Crippen LogP contribution in [0.4, 0.5) is 4.39 Å². The molecule has 0 heterocycles. The van der Waals surface area contributed by atoms with Crippen LogP contribution in [0, 0.1) is 5.82 Å². The summed E-state index contributed by atoms with van der Waals surface area (Å²) in [7, 11) is -2.45. The van der Waals surface area contributed by atoms with Crippen molar-refractivity contribution in [2.75, 3.05) is 13.7 Å². The van der Waals surface area contributed by atoms with Crippen molar-refractivity contribution in [1.82, 2.24) is 10.3 Å². The molecule has 0 unspecified atom stereocenters. The van der Waals surface area contributed by atoms with Crippen molar-refractivity contribution >= 4 is 15.9 Å². The molecule has 0 aliphatic carbocycles. The number of rotatable bonds is 7. The van der Waals surface area contributed by atoms with Crippen LogP contribution in [-0.4, -0.2) is 28.0 Å². The highest BCUT2D eigenvalue weighted by Gasteiger charge is 2.15. The fourth-order valence-corrected chi connectivity index (χ4v) is 2.51. The molecule has 2 rings (SSSR count). The van der Waals surface area contributed by atoms with Gasteiger partial charge in [-0.3, -0.25) is 10.2 Å². The summed E-state index contributed by atoms with van der Waals surface area (Å²) in [5.41, 5.74) is 2.02. The molecule has 128 valence electrons. The van der Waals surface area contributed by atoms with E-state index in [9.17, 15) is 17.6 Å². The second kappa shape index (κ2) is 7.75. The Labute approximate surface area is 138 Å². The van der Waals surface area contributed by atoms with E-state index in [1.807, 2.05) is 10.3 Å². The van der Waals surface area contributed by atoms with Crippen LogP contribution in [0.1, 0.15) is 0 Å². The van der Waals surface area contributed by atoms with Crippen molar-refractivity contribution in [3.63, 3.8) is 0 Å². The summed E-state index contributed by atoms with van der Waals surface area (Å²) in [6.45, 7) is -0.434. The minimum Gasteiger partial charge on any atom is -0.497 e. The van der Waals surface area contributed by atoms with Gasteiger partial charge in [0.25, 0.3) is 15.9 Å². The van der Waals surface area contributed by atoms with E-state index in [0.29, 0.717) is 5.75 Å². The van der Waals surface area contributed by atoms with Gasteiger partial charge in [0, 0.05) is 0 Å². The Bertz CT molecular complexity index is 792. The molecule has 2 N–H and O–H groups in total. The third-order valence-corrected chi connectivity index (χ3v) is 4.14. The summed E-state index contributed by atoms with van der Waals surface area (Å²) in [4.78, 5) is 13.5. The number of sulfonamides is 1. The van der Waals surface area contributed by atoms with Gasteiger partial charge in [-0.05, 0) is 48.5 Å². The first-order valence-electron chi connectivity index (χ1n) is 6.74. The Kier molecular flexibility index (Phi) is 5.72. The maximum Gasteiger partial charge on any atom is 0.272 e. The lowest BCUT2D eigenvalue weighted by atomic mass is 10.3. The first-order chi connectivity index (χ1) is 11.4. The summed E-state index contributed by atoms with van der Waals surface area (Å²) < 4.78 is 46.8. The Morgan fingerprint density at radius 3 is 2.21 bits per heavy atom. The molecule has 0 fully saturated rings. The molecule has 2 aromatic rings. The lowest BCUT2D eigenvalue weighted by Gasteiger charge is -2.10. The minimum absolute atomic E-state index is 0.0388. The number of carbonyl (C=O) groups is 1. The zero-order valence-electron chi connectivity index (χ0n) is 12.7. The topological polar surface area (TPSA) is 93.7 Å². The highest BCUT2D eigenvalue weighted by Crippen LogP contribution is 2.15. The fourth-order valence-electron chi connectivity index (χ4n) is 1.65. The van der Waals surface area contributed by atoms with Crippen LogP contribution in [0.2, 0.25) is 0 Å². The predicted octanol–water partition coefficient (Wildman–Crippen LogP) is 1.22. The van der Waals surface area contributed by atoms with Crippen molar-refractivity contribution in [3.8, 4) is 11.5 Å². The SMILES string of the molecule is COc1ccc(S(=O)(=O)NNC(=O)COc2ccc(F)cc2)cc1. The zero-order chi connectivity index (χ0) is 17.6. The third-order valence-electron chi connectivity index (χ3n) is 2.88. The van der Waals surface area contributed by atoms with Crippen LogP contribution >= 0.6 is 0 Å². The standard InChI is InChI=1S/C15H15FN2O5S/c1-22-12-6-8-14(9-7-12)24(20,21)18-17-15(19)10-23-13-4-2-11(16)3-5-13/h2-9,18H,10H2,1H3,(H,17,19). The fraction of sp³-hybridized carbons (Fsp3) is 0.133. The van der Waals surface area contributed by atoms with Gasteiger partial charge in [-0.15, -0.1) is 4.83 Å². The number of benzene rings is 2. The Hall–Kier alpha value is -2.65. The van der Waals surface area contributed by atoms with Crippen molar-refractivity contribution in [2.45, 2.75) is 4.90 Å². The van der Waals surface area contributed by atoms with Crippen LogP contribution < -0.4 is 19.7 Å². The highest BCUT2D eigenvalue weighted by molar-refractivity contribution is 7.89. The number of hydrogen-bond donors (Lipinski definition) is 2. The Morgan fingerprint density at radius 1 is 1.04 bits per heavy atom. The number of carbonyl (C=O) groups excluding carboxylic acids is 1. The molecule has 1 amide bonds. The van der Waals surface area contributed by atoms with Crippen molar-refractivity contribution in [3.05, 3.63) is 54.3 Å². The van der Waals surface area contributed by atoms with Gasteiger partial charge in [0.05, 0.1) is 12.0 Å². The molecular formula is C15H15FN2O5S. The van der Waals surface area contributed by atoms with Crippen molar-refractivity contribution in [2.24, 2.45) is 0 Å². The maximum atomic E-state index is 12.7. The lowest BCUT2D eigenvalue weighted by molar-refractivity contribution is -0.123. The van der Waals surface area contributed by atoms with Crippen LogP contribution in [-0.2, 0) is 14.8 Å². The van der Waals surface area contributed by atoms with E-state index >= 15 is 0 Å². The molecule has 0 bridgehead atoms. The first kappa shape index (κ1) is 17.7. The predicted molar refractivity (Wildman–Crippen MR) is 83.4 cm³/mol. The zero-order valence-corrected chi connectivity index (χ0v) is 13.5. The summed E-state index contributed by atoms with van der Waals surface area (Å²) >= 11 is 0. The molecule has 0 radical (unpaired) electrons. The molecule has 9 heteroatoms. The molecule has 0 atom stereocenters. The van der Waals surface area contributed by atoms with Crippen LogP contribution in [0.5, 0.6) is 11.5 Å². The Morgan fingerprint density at radius 2 is 1.62 bits per heavy atom. The van der Waals surface area contributed by atoms with E-state index in [1.165, 1.54) is 55.6 Å². The minimum atomic E-state index is -3.91. The van der Waals surface area contributed by atoms with Crippen LogP contribution in [0.15, 0.2) is 53.4 Å². The maximum absolute atomic E-state index is 12.7. The van der Waals surface area contributed by atoms with Gasteiger partial charge < -0.3 is 9.47 Å². The molecule has 0 spiro atoms. The third kappa shape index (κ3) is 4.93. The van der Waals surface area contributed by atoms with Gasteiger partial charge >= 0.3 is 0 Å². The molecule has 0 saturated carbocycles. The first-order valence-corrected chi connectivity index (χ1v) is 8.22. The number of hydrogen-bond acceptors (Lipinski definition) is 5. The average Bonchev–Trinajstić information content (AvgIpc) is 2.59. The molecule has 0 saturated heterocycles. The van der Waals surface area contributed by atoms with Gasteiger partial charge in [-0.25, -0.2) is 12.8 Å². The molecule has 0 aliphatic heterocycles. The second-order valence-electron chi connectivity index (χ2n) is 4.57. The summed E-state index contributed by atoms with van der Waals surface area (Å²) in [6.07, 6.45) is 0. The number of amides is 1. The van der Waals surface area contributed by atoms with E-state index in [2.05, 4.69) is 0 Å². The van der Waals surface area contributed by atoms with Gasteiger partial charge in [0.15, 0.2) is 6.61 Å². The number of methoxy groups -OCH3 is 1. The monoisotopic (exact) mass is 354 g/mol. The normalized spacial score (nSPS) is 10.9. The number of ether oxygens (including phenoxy) is 2. The van der Waals surface area contributed by atoms with Crippen molar-refractivity contribution in [1.29, 1.82) is 0 Å². The van der Waals surface area contributed by atoms with E-state index < -0.39 is 28.4 Å². The lowest BCUT2D eigenvalue weighted by Crippen LogP contribution is -2.43. The Balaban J connectivity index is 1.86. The quantitative estimate of drug-likeness (QED) is 0.729. The average molecular weight is 354 g/mol. The van der Waals surface area contributed by atoms with Gasteiger partial charge in [-0.1, -0.05) is 0 Å². The number of nitrogens with one attached hydrogen (secondary N) is 2. The van der Waals surface area contributed by atoms with Gasteiger partial charge in [0.2, 0.25) is 0 Å². The van der Waals surface area contributed by atoms with E-state index in [4.69, 9.17) is 9.47 Å². The molecule has 7 nitrogen and oxygen atoms in total. The summed E-state index contributed by atoms with van der Waals surface area (Å²) in [5.74, 6) is -0.356.